The molecule has 0 aliphatic carbocycles. The summed E-state index contributed by atoms with van der Waals surface area (Å²) >= 11 is 0. The van der Waals surface area contributed by atoms with Gasteiger partial charge in [0.1, 0.15) is 0 Å². The van der Waals surface area contributed by atoms with E-state index < -0.39 is 5.97 Å². The van der Waals surface area contributed by atoms with Gasteiger partial charge in [0.15, 0.2) is 0 Å². The van der Waals surface area contributed by atoms with Crippen molar-refractivity contribution in [1.29, 1.82) is 0 Å². The Balaban J connectivity index is -0.000000180. The summed E-state index contributed by atoms with van der Waals surface area (Å²) in [6.07, 6.45) is 2.20. The van der Waals surface area contributed by atoms with Crippen LogP contribution in [-0.2, 0) is 4.79 Å². The molecule has 0 aliphatic rings. The zero-order valence-electron chi connectivity index (χ0n) is 7.64. The molecule has 0 fully saturated rings. The molecule has 1 aromatic rings. The second-order valence-electron chi connectivity index (χ2n) is 2.22. The Morgan fingerprint density at radius 2 is 1.93 bits per heavy atom. The Kier molecular flexibility index (Phi) is 12.4. The Morgan fingerprint density at radius 1 is 1.33 bits per heavy atom. The molecule has 5 nitrogen and oxygen atoms in total. The van der Waals surface area contributed by atoms with E-state index in [1.165, 1.54) is 18.2 Å². The predicted octanol–water partition coefficient (Wildman–Crippen LogP) is -2.26. The first-order valence-corrected chi connectivity index (χ1v) is 3.34. The molecule has 0 atom stereocenters. The summed E-state index contributed by atoms with van der Waals surface area (Å²) < 4.78 is 0. The van der Waals surface area contributed by atoms with E-state index in [0.29, 0.717) is 5.56 Å². The average Bonchev–Trinajstić information content (AvgIpc) is 2.01. The van der Waals surface area contributed by atoms with Crippen LogP contribution in [0.4, 0.5) is 0 Å². The van der Waals surface area contributed by atoms with E-state index in [4.69, 9.17) is 0 Å². The normalized spacial score (nSPS) is 8.27. The molecular weight excluding hydrogens is 310 g/mol. The van der Waals surface area contributed by atoms with Crippen LogP contribution in [-0.4, -0.2) is 41.3 Å². The first-order chi connectivity index (χ1) is 5.68. The van der Waals surface area contributed by atoms with E-state index in [9.17, 15) is 15.0 Å². The Morgan fingerprint density at radius 3 is 2.40 bits per heavy atom. The summed E-state index contributed by atoms with van der Waals surface area (Å²) in [6.45, 7) is 0. The van der Waals surface area contributed by atoms with E-state index in [1.807, 2.05) is 0 Å². The third kappa shape index (κ3) is 8.00. The number of carbonyl (C=O) groups excluding carboxylic acids is 1. The van der Waals surface area contributed by atoms with Gasteiger partial charge in [-0.3, -0.25) is 0 Å². The fourth-order valence-electron chi connectivity index (χ4n) is 0.782. The van der Waals surface area contributed by atoms with Crippen LogP contribution in [0.3, 0.4) is 0 Å². The van der Waals surface area contributed by atoms with Gasteiger partial charge in [-0.15, -0.1) is 5.75 Å². The maximum Gasteiger partial charge on any atom is 0.0643 e. The molecule has 6 heteroatoms. The summed E-state index contributed by atoms with van der Waals surface area (Å²) in [5.74, 6) is -1.41. The Labute approximate surface area is 106 Å². The van der Waals surface area contributed by atoms with Crippen molar-refractivity contribution in [1.82, 2.24) is 0 Å². The predicted molar refractivity (Wildman–Crippen MR) is 55.0 cm³/mol. The molecule has 1 rings (SSSR count). The van der Waals surface area contributed by atoms with Gasteiger partial charge < -0.3 is 26.0 Å². The van der Waals surface area contributed by atoms with Crippen molar-refractivity contribution in [2.75, 3.05) is 0 Å². The van der Waals surface area contributed by atoms with Crippen LogP contribution < -0.4 is 10.2 Å². The number of hydrogen-bond donors (Lipinski definition) is 0. The van der Waals surface area contributed by atoms with Crippen LogP contribution in [0.15, 0.2) is 30.3 Å². The molecule has 0 amide bonds. The summed E-state index contributed by atoms with van der Waals surface area (Å²) in [5.41, 5.74) is 0.562. The minimum atomic E-state index is -1.27. The minimum Gasteiger partial charge on any atom is -0.872 e. The average molecular weight is 322 g/mol. The monoisotopic (exact) mass is 321 g/mol. The Bertz CT molecular complexity index is 329. The Hall–Kier alpha value is -1.03. The van der Waals surface area contributed by atoms with E-state index in [0.717, 1.165) is 6.08 Å². The van der Waals surface area contributed by atoms with Crippen LogP contribution in [0.5, 0.6) is 5.75 Å². The standard InChI is InChI=1S/C9H8O3.2H2O.Sb.H2/c10-8-3-1-2-7(6-8)4-5-9(11)12;;;;/h1-6,10H,(H,11,12);2*1H2;;1H/p-2/b5-4+;;;;. The van der Waals surface area contributed by atoms with E-state index in [-0.39, 0.29) is 42.6 Å². The zero-order chi connectivity index (χ0) is 8.97. The number of aliphatic carboxylic acids is 1. The number of carboxylic acids is 1. The molecule has 1 aromatic carbocycles. The van der Waals surface area contributed by atoms with E-state index >= 15 is 0 Å². The first kappa shape index (κ1) is 19.5. The molecule has 85 valence electrons. The summed E-state index contributed by atoms with van der Waals surface area (Å²) in [6, 6.07) is 5.95. The number of rotatable bonds is 2. The van der Waals surface area contributed by atoms with Gasteiger partial charge in [-0.05, 0) is 11.6 Å². The maximum atomic E-state index is 10.7. The fourth-order valence-corrected chi connectivity index (χ4v) is 0.782. The summed E-state index contributed by atoms with van der Waals surface area (Å²) in [7, 11) is 0. The molecule has 0 bridgehead atoms. The number of hydrogen-bond acceptors (Lipinski definition) is 3. The topological polar surface area (TPSA) is 126 Å². The summed E-state index contributed by atoms with van der Waals surface area (Å²) in [4.78, 5) is 9.98. The molecule has 0 aromatic heterocycles. The van der Waals surface area contributed by atoms with Gasteiger partial charge in [-0.2, -0.15) is 0 Å². The van der Waals surface area contributed by atoms with E-state index in [1.54, 1.807) is 12.1 Å². The van der Waals surface area contributed by atoms with Gasteiger partial charge in [0.05, 0.1) is 5.97 Å². The maximum absolute atomic E-state index is 10.7. The SMILES string of the molecule is O.O.O=C([O-])/C=C/c1cccc([O-])c1.[HH].[Sb]. The van der Waals surface area contributed by atoms with Crippen molar-refractivity contribution in [3.63, 3.8) is 0 Å². The third-order valence-corrected chi connectivity index (χ3v) is 1.27. The van der Waals surface area contributed by atoms with Crippen LogP contribution >= 0.6 is 0 Å². The van der Waals surface area contributed by atoms with Crippen LogP contribution in [0.1, 0.15) is 6.99 Å². The molecular formula is C9H12O5Sb-2. The third-order valence-electron chi connectivity index (χ3n) is 1.27. The van der Waals surface area contributed by atoms with Crippen LogP contribution in [0.25, 0.3) is 6.08 Å². The minimum absolute atomic E-state index is 0. The number of carboxylic acid groups (broad SMARTS) is 1. The van der Waals surface area contributed by atoms with Crippen molar-refractivity contribution >= 4 is 36.5 Å². The van der Waals surface area contributed by atoms with Crippen molar-refractivity contribution < 1.29 is 27.4 Å². The van der Waals surface area contributed by atoms with Crippen molar-refractivity contribution in [2.24, 2.45) is 0 Å². The van der Waals surface area contributed by atoms with Crippen LogP contribution in [0.2, 0.25) is 0 Å². The van der Waals surface area contributed by atoms with Gasteiger partial charge in [-0.1, -0.05) is 30.3 Å². The van der Waals surface area contributed by atoms with Gasteiger partial charge in [0, 0.05) is 25.9 Å². The molecule has 0 saturated carbocycles. The number of carbonyl (C=O) groups is 1. The second-order valence-corrected chi connectivity index (χ2v) is 2.22. The molecule has 3 radical (unpaired) electrons. The molecule has 0 spiro atoms. The largest absolute Gasteiger partial charge is 0.872 e. The van der Waals surface area contributed by atoms with Crippen molar-refractivity contribution in [3.05, 3.63) is 35.9 Å². The zero-order valence-corrected chi connectivity index (χ0v) is 10.2. The molecule has 0 heterocycles. The fraction of sp³-hybridized carbons (Fsp3) is 0. The molecule has 0 unspecified atom stereocenters. The van der Waals surface area contributed by atoms with Gasteiger partial charge in [0.25, 0.3) is 0 Å². The quantitative estimate of drug-likeness (QED) is 0.450. The molecule has 15 heavy (non-hydrogen) atoms. The molecule has 4 N–H and O–H groups in total. The van der Waals surface area contributed by atoms with Crippen molar-refractivity contribution in [3.8, 4) is 5.75 Å². The molecule has 0 aliphatic heterocycles. The van der Waals surface area contributed by atoms with Gasteiger partial charge >= 0.3 is 0 Å². The van der Waals surface area contributed by atoms with Gasteiger partial charge in [0.2, 0.25) is 0 Å². The van der Waals surface area contributed by atoms with Gasteiger partial charge in [-0.25, -0.2) is 0 Å². The first-order valence-electron chi connectivity index (χ1n) is 3.34. The van der Waals surface area contributed by atoms with E-state index in [2.05, 4.69) is 0 Å². The molecule has 0 saturated heterocycles. The smallest absolute Gasteiger partial charge is 0.0643 e. The second kappa shape index (κ2) is 9.52. The van der Waals surface area contributed by atoms with Crippen molar-refractivity contribution in [2.45, 2.75) is 0 Å². The van der Waals surface area contributed by atoms with Crippen LogP contribution in [0, 0.1) is 0 Å². The number of benzene rings is 1. The summed E-state index contributed by atoms with van der Waals surface area (Å²) in [5, 5.41) is 20.7.